The fourth-order valence-electron chi connectivity index (χ4n) is 6.68. The zero-order chi connectivity index (χ0) is 29.3. The lowest BCUT2D eigenvalue weighted by atomic mass is 9.83. The first-order valence-electron chi connectivity index (χ1n) is 14.7. The molecule has 4 aromatic carbocycles. The summed E-state index contributed by atoms with van der Waals surface area (Å²) in [5.74, 6) is 1.41. The Kier molecular flexibility index (Phi) is 7.38. The Labute approximate surface area is 255 Å². The van der Waals surface area contributed by atoms with Crippen molar-refractivity contribution in [2.75, 3.05) is 14.2 Å². The van der Waals surface area contributed by atoms with Gasteiger partial charge >= 0.3 is 0 Å². The normalized spacial score (nSPS) is 14.6. The monoisotopic (exact) mass is 585 g/mol. The zero-order valence-electron chi connectivity index (χ0n) is 24.3. The average molecular weight is 586 g/mol. The van der Waals surface area contributed by atoms with Crippen LogP contribution in [0.15, 0.2) is 94.7 Å². The molecule has 0 fully saturated rings. The highest BCUT2D eigenvalue weighted by molar-refractivity contribution is 6.45. The smallest absolute Gasteiger partial charge is 0.169 e. The highest BCUT2D eigenvalue weighted by Crippen LogP contribution is 2.33. The van der Waals surface area contributed by atoms with Gasteiger partial charge in [0.1, 0.15) is 5.58 Å². The summed E-state index contributed by atoms with van der Waals surface area (Å²) < 4.78 is 17.1. The Morgan fingerprint density at radius 1 is 0.814 bits per heavy atom. The predicted octanol–water partition coefficient (Wildman–Crippen LogP) is 7.46. The van der Waals surface area contributed by atoms with Gasteiger partial charge in [-0.15, -0.1) is 0 Å². The zero-order valence-corrected chi connectivity index (χ0v) is 25.1. The molecule has 214 valence electrons. The lowest BCUT2D eigenvalue weighted by molar-refractivity contribution is 0.352. The van der Waals surface area contributed by atoms with Crippen LogP contribution in [0.3, 0.4) is 0 Å². The van der Waals surface area contributed by atoms with Gasteiger partial charge in [0.25, 0.3) is 0 Å². The number of ether oxygens (including phenoxy) is 2. The SMILES string of the molecule is C1=Cc2ccccc2CC=N1.COc1ccc2c(c1OC)=C(Cl)Cc1c3c(ccc1=2)=C(c1cccc2ccoc12)CCC3. The fraction of sp³-hybridized carbons (Fsp3) is 0.184. The van der Waals surface area contributed by atoms with E-state index in [0.717, 1.165) is 52.1 Å². The molecule has 3 aliphatic rings. The Balaban J connectivity index is 0.000000229. The van der Waals surface area contributed by atoms with Gasteiger partial charge in [-0.2, -0.15) is 0 Å². The van der Waals surface area contributed by atoms with Gasteiger partial charge in [-0.3, -0.25) is 4.99 Å². The standard InChI is InChI=1S/C28H23ClO3.C10H9N/c1-30-25-12-11-21-20-10-9-19-17(22-8-3-5-16-13-14-32-27(16)22)6-4-7-18(19)23(20)15-24(29)26(21)28(25)31-2;1-2-4-10-6-8-11-7-5-9(10)3-1/h3,5,8-14H,4,6-7,15H2,1-2H3;1-5,7-8H,6H2. The molecule has 1 aliphatic heterocycles. The van der Waals surface area contributed by atoms with Crippen LogP contribution in [-0.2, 0) is 19.3 Å². The lowest BCUT2D eigenvalue weighted by Gasteiger charge is -2.22. The number of furan rings is 1. The topological polar surface area (TPSA) is 44.0 Å². The lowest BCUT2D eigenvalue weighted by Crippen LogP contribution is -2.24. The second kappa shape index (κ2) is 11.6. The van der Waals surface area contributed by atoms with Crippen molar-refractivity contribution in [1.29, 1.82) is 0 Å². The molecule has 0 amide bonds. The van der Waals surface area contributed by atoms with Gasteiger partial charge in [-0.1, -0.05) is 66.2 Å². The van der Waals surface area contributed by atoms with Crippen LogP contribution in [0.1, 0.15) is 40.7 Å². The molecule has 4 nitrogen and oxygen atoms in total. The van der Waals surface area contributed by atoms with Crippen LogP contribution >= 0.6 is 11.6 Å². The van der Waals surface area contributed by atoms with E-state index in [1.165, 1.54) is 43.8 Å². The molecule has 0 unspecified atom stereocenters. The highest BCUT2D eigenvalue weighted by atomic mass is 35.5. The van der Waals surface area contributed by atoms with Crippen molar-refractivity contribution in [1.82, 2.24) is 0 Å². The summed E-state index contributed by atoms with van der Waals surface area (Å²) in [6, 6.07) is 25.4. The molecule has 8 rings (SSSR count). The summed E-state index contributed by atoms with van der Waals surface area (Å²) in [5.41, 5.74) is 8.91. The van der Waals surface area contributed by atoms with Gasteiger partial charge in [0.15, 0.2) is 11.5 Å². The van der Waals surface area contributed by atoms with E-state index in [2.05, 4.69) is 65.7 Å². The van der Waals surface area contributed by atoms with Gasteiger partial charge in [0.05, 0.1) is 20.5 Å². The average Bonchev–Trinajstić information content (AvgIpc) is 3.41. The molecule has 5 aromatic rings. The molecule has 0 N–H and O–H groups in total. The van der Waals surface area contributed by atoms with Gasteiger partial charge in [0, 0.05) is 46.5 Å². The van der Waals surface area contributed by atoms with Crippen molar-refractivity contribution in [3.63, 3.8) is 0 Å². The Morgan fingerprint density at radius 2 is 1.67 bits per heavy atom. The maximum atomic E-state index is 6.91. The second-order valence-electron chi connectivity index (χ2n) is 11.0. The molecule has 0 atom stereocenters. The van der Waals surface area contributed by atoms with Gasteiger partial charge < -0.3 is 13.9 Å². The summed E-state index contributed by atoms with van der Waals surface area (Å²) >= 11 is 6.91. The molecule has 0 radical (unpaired) electrons. The van der Waals surface area contributed by atoms with Crippen molar-refractivity contribution in [3.8, 4) is 11.5 Å². The summed E-state index contributed by atoms with van der Waals surface area (Å²) in [6.07, 6.45) is 12.5. The van der Waals surface area contributed by atoms with Crippen LogP contribution in [0.5, 0.6) is 11.5 Å². The third kappa shape index (κ3) is 4.86. The van der Waals surface area contributed by atoms with E-state index in [1.807, 2.05) is 30.6 Å². The fourth-order valence-corrected chi connectivity index (χ4v) is 7.01. The van der Waals surface area contributed by atoms with Crippen LogP contribution in [0.4, 0.5) is 0 Å². The number of para-hydroxylation sites is 1. The van der Waals surface area contributed by atoms with Gasteiger partial charge in [-0.05, 0) is 87.0 Å². The van der Waals surface area contributed by atoms with Crippen LogP contribution in [0, 0.1) is 10.4 Å². The van der Waals surface area contributed by atoms with Gasteiger partial charge in [-0.25, -0.2) is 0 Å². The van der Waals surface area contributed by atoms with Crippen molar-refractivity contribution < 1.29 is 13.9 Å². The molecule has 0 saturated heterocycles. The first kappa shape index (κ1) is 27.3. The van der Waals surface area contributed by atoms with E-state index in [0.29, 0.717) is 17.9 Å². The summed E-state index contributed by atoms with van der Waals surface area (Å²) in [6.45, 7) is 0. The molecule has 43 heavy (non-hydrogen) atoms. The maximum absolute atomic E-state index is 6.91. The van der Waals surface area contributed by atoms with Crippen LogP contribution in [0.2, 0.25) is 0 Å². The minimum atomic E-state index is 0.702. The summed E-state index contributed by atoms with van der Waals surface area (Å²) in [4.78, 5) is 4.08. The van der Waals surface area contributed by atoms with Crippen molar-refractivity contribution in [3.05, 3.63) is 134 Å². The molecule has 1 aromatic heterocycles. The molecule has 0 spiro atoms. The van der Waals surface area contributed by atoms with E-state index in [1.54, 1.807) is 20.5 Å². The summed E-state index contributed by atoms with van der Waals surface area (Å²) in [5, 5.41) is 6.57. The first-order valence-corrected chi connectivity index (χ1v) is 15.1. The maximum Gasteiger partial charge on any atom is 0.169 e. The van der Waals surface area contributed by atoms with Crippen molar-refractivity contribution in [2.45, 2.75) is 32.1 Å². The number of aliphatic imine (C=N–C) groups is 1. The highest BCUT2D eigenvalue weighted by Gasteiger charge is 2.22. The van der Waals surface area contributed by atoms with E-state index < -0.39 is 0 Å². The predicted molar refractivity (Wildman–Crippen MR) is 175 cm³/mol. The summed E-state index contributed by atoms with van der Waals surface area (Å²) in [7, 11) is 3.32. The Morgan fingerprint density at radius 3 is 2.56 bits per heavy atom. The van der Waals surface area contributed by atoms with Crippen LogP contribution in [-0.4, -0.2) is 20.4 Å². The largest absolute Gasteiger partial charge is 0.493 e. The number of halogens is 1. The quantitative estimate of drug-likeness (QED) is 0.221. The van der Waals surface area contributed by atoms with Crippen LogP contribution in [0.25, 0.3) is 27.7 Å². The molecule has 2 heterocycles. The third-order valence-corrected chi connectivity index (χ3v) is 8.99. The number of fused-ring (bicyclic) bond motifs is 6. The number of hydrogen-bond acceptors (Lipinski definition) is 4. The third-order valence-electron chi connectivity index (χ3n) is 8.66. The molecule has 0 saturated carbocycles. The molecule has 5 heteroatoms. The van der Waals surface area contributed by atoms with Crippen molar-refractivity contribution in [2.24, 2.45) is 4.99 Å². The molecule has 2 aliphatic carbocycles. The van der Waals surface area contributed by atoms with E-state index in [-0.39, 0.29) is 0 Å². The van der Waals surface area contributed by atoms with Crippen LogP contribution < -0.4 is 19.9 Å². The first-order chi connectivity index (χ1) is 21.2. The minimum absolute atomic E-state index is 0.702. The van der Waals surface area contributed by atoms with Gasteiger partial charge in [0.2, 0.25) is 0 Å². The Bertz CT molecular complexity index is 2160. The molecular weight excluding hydrogens is 554 g/mol. The number of rotatable bonds is 3. The second-order valence-corrected chi connectivity index (χ2v) is 11.4. The van der Waals surface area contributed by atoms with E-state index in [4.69, 9.17) is 25.5 Å². The van der Waals surface area contributed by atoms with Crippen molar-refractivity contribution >= 4 is 45.5 Å². The Hall–Kier alpha value is -4.54. The number of methoxy groups -OCH3 is 2. The number of benzene rings is 4. The van der Waals surface area contributed by atoms with E-state index in [9.17, 15) is 0 Å². The molecule has 0 bridgehead atoms. The minimum Gasteiger partial charge on any atom is -0.493 e. The van der Waals surface area contributed by atoms with E-state index >= 15 is 0 Å². The number of hydrogen-bond donors (Lipinski definition) is 0. The number of nitrogens with zero attached hydrogens (tertiary/aromatic N) is 1. The molecular formula is C38H32ClNO3.